The van der Waals surface area contributed by atoms with E-state index in [1.54, 1.807) is 25.8 Å². The molecule has 8 nitrogen and oxygen atoms in total. The van der Waals surface area contributed by atoms with Crippen LogP contribution in [0.2, 0.25) is 0 Å². The van der Waals surface area contributed by atoms with E-state index >= 15 is 0 Å². The van der Waals surface area contributed by atoms with Crippen molar-refractivity contribution in [2.75, 3.05) is 20.8 Å². The highest BCUT2D eigenvalue weighted by molar-refractivity contribution is 5.96. The van der Waals surface area contributed by atoms with Gasteiger partial charge in [0, 0.05) is 14.1 Å². The highest BCUT2D eigenvalue weighted by Gasteiger charge is 2.40. The van der Waals surface area contributed by atoms with Crippen molar-refractivity contribution in [3.63, 3.8) is 0 Å². The van der Waals surface area contributed by atoms with Crippen LogP contribution in [0, 0.1) is 6.92 Å². The molecule has 0 bridgehead atoms. The van der Waals surface area contributed by atoms with E-state index in [9.17, 15) is 9.59 Å². The maximum absolute atomic E-state index is 13.7. The van der Waals surface area contributed by atoms with Gasteiger partial charge in [-0.25, -0.2) is 4.79 Å². The Kier molecular flexibility index (Phi) is 5.59. The zero-order valence-electron chi connectivity index (χ0n) is 21.7. The van der Waals surface area contributed by atoms with Crippen molar-refractivity contribution in [1.29, 1.82) is 0 Å². The third-order valence-corrected chi connectivity index (χ3v) is 7.10. The smallest absolute Gasteiger partial charge is 0.331 e. The van der Waals surface area contributed by atoms with E-state index in [1.165, 1.54) is 11.6 Å². The Bertz CT molecular complexity index is 1610. The molecule has 0 saturated heterocycles. The molecule has 0 N–H and O–H groups in total. The van der Waals surface area contributed by atoms with Crippen LogP contribution in [0.15, 0.2) is 52.1 Å². The van der Waals surface area contributed by atoms with Crippen LogP contribution >= 0.6 is 0 Å². The second kappa shape index (κ2) is 8.41. The molecule has 188 valence electrons. The maximum atomic E-state index is 13.7. The van der Waals surface area contributed by atoms with Gasteiger partial charge >= 0.3 is 5.69 Å². The molecular formula is C28H31N3O5. The lowest BCUT2D eigenvalue weighted by molar-refractivity contribution is -0.00716. The average molecular weight is 490 g/mol. The number of methoxy groups -OCH3 is 2. The Hall–Kier alpha value is -3.78. The lowest BCUT2D eigenvalue weighted by Gasteiger charge is -2.39. The molecule has 0 radical (unpaired) electrons. The van der Waals surface area contributed by atoms with Crippen LogP contribution in [0.5, 0.6) is 11.5 Å². The summed E-state index contributed by atoms with van der Waals surface area (Å²) in [5, 5.41) is 0.502. The van der Waals surface area contributed by atoms with Gasteiger partial charge in [0.05, 0.1) is 48.7 Å². The molecule has 4 aromatic rings. The summed E-state index contributed by atoms with van der Waals surface area (Å²) in [6, 6.07) is 13.8. The zero-order chi connectivity index (χ0) is 25.9. The molecule has 3 heterocycles. The average Bonchev–Trinajstić information content (AvgIpc) is 3.24. The predicted octanol–water partition coefficient (Wildman–Crippen LogP) is 3.89. The minimum absolute atomic E-state index is 0.326. The van der Waals surface area contributed by atoms with Crippen LogP contribution < -0.4 is 20.7 Å². The molecule has 2 aromatic carbocycles. The van der Waals surface area contributed by atoms with Gasteiger partial charge in [-0.1, -0.05) is 35.9 Å². The molecule has 36 heavy (non-hydrogen) atoms. The van der Waals surface area contributed by atoms with Crippen LogP contribution in [0.3, 0.4) is 0 Å². The lowest BCUT2D eigenvalue weighted by atomic mass is 9.97. The Morgan fingerprint density at radius 3 is 2.25 bits per heavy atom. The van der Waals surface area contributed by atoms with Crippen LogP contribution in [-0.2, 0) is 24.4 Å². The summed E-state index contributed by atoms with van der Waals surface area (Å²) in [6.07, 6.45) is -0.530. The quantitative estimate of drug-likeness (QED) is 0.435. The van der Waals surface area contributed by atoms with Crippen molar-refractivity contribution in [3.05, 3.63) is 80.1 Å². The summed E-state index contributed by atoms with van der Waals surface area (Å²) in [7, 11) is 6.41. The maximum Gasteiger partial charge on any atom is 0.331 e. The molecule has 0 unspecified atom stereocenters. The highest BCUT2D eigenvalue weighted by Crippen LogP contribution is 2.46. The standard InChI is InChI=1S/C28H31N3O5/c1-16-8-10-17(11-9-16)22-21-23(29(4)27(33)30(5)26(21)32)24-25(36-15-28(2,3)31(22)24)18-12-13-19(34-6)20(14-18)35-7/h8-14,25H,15H2,1-7H3/t25-/m0/s1. The fourth-order valence-corrected chi connectivity index (χ4v) is 5.25. The second-order valence-electron chi connectivity index (χ2n) is 9.98. The first-order valence-corrected chi connectivity index (χ1v) is 11.9. The van der Waals surface area contributed by atoms with Crippen molar-refractivity contribution in [2.45, 2.75) is 32.4 Å². The fourth-order valence-electron chi connectivity index (χ4n) is 5.25. The van der Waals surface area contributed by atoms with Crippen molar-refractivity contribution in [1.82, 2.24) is 13.7 Å². The van der Waals surface area contributed by atoms with Gasteiger partial charge in [-0.2, -0.15) is 0 Å². The third-order valence-electron chi connectivity index (χ3n) is 7.10. The van der Waals surface area contributed by atoms with Crippen LogP contribution in [0.4, 0.5) is 0 Å². The summed E-state index contributed by atoms with van der Waals surface area (Å²) in [6.45, 7) is 6.61. The molecule has 0 fully saturated rings. The van der Waals surface area contributed by atoms with Gasteiger partial charge in [0.25, 0.3) is 5.56 Å². The van der Waals surface area contributed by atoms with Crippen molar-refractivity contribution >= 4 is 10.9 Å². The van der Waals surface area contributed by atoms with Crippen LogP contribution in [0.1, 0.15) is 36.8 Å². The number of aromatic nitrogens is 3. The zero-order valence-corrected chi connectivity index (χ0v) is 21.7. The molecule has 1 aliphatic rings. The van der Waals surface area contributed by atoms with E-state index < -0.39 is 11.6 Å². The van der Waals surface area contributed by atoms with E-state index in [1.807, 2.05) is 49.4 Å². The summed E-state index contributed by atoms with van der Waals surface area (Å²) in [4.78, 5) is 26.8. The summed E-state index contributed by atoms with van der Waals surface area (Å²) >= 11 is 0. The summed E-state index contributed by atoms with van der Waals surface area (Å²) in [5.41, 5.74) is 3.81. The Balaban J connectivity index is 1.95. The molecular weight excluding hydrogens is 458 g/mol. The van der Waals surface area contributed by atoms with Gasteiger partial charge in [-0.15, -0.1) is 0 Å². The number of rotatable bonds is 4. The fraction of sp³-hybridized carbons (Fsp3) is 0.357. The van der Waals surface area contributed by atoms with Gasteiger partial charge in [0.2, 0.25) is 0 Å². The van der Waals surface area contributed by atoms with E-state index in [4.69, 9.17) is 14.2 Å². The molecule has 1 aliphatic heterocycles. The van der Waals surface area contributed by atoms with Gasteiger partial charge in [-0.05, 0) is 44.0 Å². The number of hydrogen-bond donors (Lipinski definition) is 0. The first-order chi connectivity index (χ1) is 17.1. The second-order valence-corrected chi connectivity index (χ2v) is 9.98. The predicted molar refractivity (Wildman–Crippen MR) is 139 cm³/mol. The van der Waals surface area contributed by atoms with Gasteiger partial charge in [0.1, 0.15) is 6.10 Å². The Labute approximate surface area is 209 Å². The van der Waals surface area contributed by atoms with Crippen molar-refractivity contribution in [3.8, 4) is 22.8 Å². The third kappa shape index (κ3) is 3.39. The topological polar surface area (TPSA) is 76.6 Å². The molecule has 0 spiro atoms. The SMILES string of the molecule is COc1ccc([C@@H]2OCC(C)(C)n3c(-c4ccc(C)cc4)c4c(=O)n(C)c(=O)n(C)c4c32)cc1OC. The molecule has 2 aromatic heterocycles. The summed E-state index contributed by atoms with van der Waals surface area (Å²) < 4.78 is 22.4. The highest BCUT2D eigenvalue weighted by atomic mass is 16.5. The minimum Gasteiger partial charge on any atom is -0.493 e. The first kappa shape index (κ1) is 23.9. The Morgan fingerprint density at radius 2 is 1.61 bits per heavy atom. The number of nitrogens with zero attached hydrogens (tertiary/aromatic N) is 3. The lowest BCUT2D eigenvalue weighted by Crippen LogP contribution is -2.40. The molecule has 0 saturated carbocycles. The number of benzene rings is 2. The van der Waals surface area contributed by atoms with Crippen LogP contribution in [-0.4, -0.2) is 34.5 Å². The largest absolute Gasteiger partial charge is 0.493 e. The van der Waals surface area contributed by atoms with Gasteiger partial charge < -0.3 is 18.8 Å². The molecule has 0 amide bonds. The van der Waals surface area contributed by atoms with E-state index in [0.29, 0.717) is 29.0 Å². The normalized spacial score (nSPS) is 16.7. The van der Waals surface area contributed by atoms with E-state index in [2.05, 4.69) is 18.4 Å². The van der Waals surface area contributed by atoms with Gasteiger partial charge in [-0.3, -0.25) is 13.9 Å². The minimum atomic E-state index is -0.530. The monoisotopic (exact) mass is 489 g/mol. The van der Waals surface area contributed by atoms with Crippen LogP contribution in [0.25, 0.3) is 22.2 Å². The number of hydrogen-bond acceptors (Lipinski definition) is 5. The van der Waals surface area contributed by atoms with E-state index in [-0.39, 0.29) is 11.2 Å². The summed E-state index contributed by atoms with van der Waals surface area (Å²) in [5.74, 6) is 1.19. The molecule has 8 heteroatoms. The number of fused-ring (bicyclic) bond motifs is 3. The first-order valence-electron chi connectivity index (χ1n) is 11.9. The number of ether oxygens (including phenoxy) is 3. The molecule has 5 rings (SSSR count). The van der Waals surface area contributed by atoms with Gasteiger partial charge in [0.15, 0.2) is 11.5 Å². The number of aryl methyl sites for hydroxylation is 2. The Morgan fingerprint density at radius 1 is 0.944 bits per heavy atom. The molecule has 0 aliphatic carbocycles. The molecule has 1 atom stereocenters. The van der Waals surface area contributed by atoms with Crippen molar-refractivity contribution < 1.29 is 14.2 Å². The van der Waals surface area contributed by atoms with E-state index in [0.717, 1.165) is 28.1 Å². The van der Waals surface area contributed by atoms with Crippen molar-refractivity contribution in [2.24, 2.45) is 14.1 Å².